The third kappa shape index (κ3) is 5.52. The van der Waals surface area contributed by atoms with E-state index in [9.17, 15) is 10.5 Å². The van der Waals surface area contributed by atoms with E-state index in [1.165, 1.54) is 77.9 Å². The van der Waals surface area contributed by atoms with Gasteiger partial charge in [0.1, 0.15) is 0 Å². The van der Waals surface area contributed by atoms with Crippen LogP contribution < -0.4 is 0 Å². The van der Waals surface area contributed by atoms with Gasteiger partial charge in [-0.2, -0.15) is 34.0 Å². The van der Waals surface area contributed by atoms with Gasteiger partial charge in [0.2, 0.25) is 0 Å². The van der Waals surface area contributed by atoms with E-state index in [0.717, 1.165) is 48.3 Å². The molecule has 12 rings (SSSR count). The van der Waals surface area contributed by atoms with Crippen LogP contribution in [0, 0.1) is 22.7 Å². The quantitative estimate of drug-likeness (QED) is 0.170. The zero-order valence-electron chi connectivity index (χ0n) is 32.8. The van der Waals surface area contributed by atoms with Crippen LogP contribution in [0.3, 0.4) is 0 Å². The Morgan fingerprint density at radius 1 is 0.429 bits per heavy atom. The molecule has 0 saturated carbocycles. The van der Waals surface area contributed by atoms with Crippen LogP contribution >= 0.6 is 23.5 Å². The summed E-state index contributed by atoms with van der Waals surface area (Å²) in [7, 11) is 0. The van der Waals surface area contributed by atoms with E-state index in [2.05, 4.69) is 137 Å². The molecule has 0 N–H and O–H groups in total. The Bertz CT molecular complexity index is 2450. The molecule has 0 saturated heterocycles. The molecule has 6 aromatic carbocycles. The Balaban J connectivity index is 1.23. The monoisotopic (exact) mass is 762 g/mol. The number of fused-ring (bicyclic) bond motifs is 6. The molecule has 276 valence electrons. The van der Waals surface area contributed by atoms with Gasteiger partial charge >= 0.3 is 0 Å². The summed E-state index contributed by atoms with van der Waals surface area (Å²) in [6, 6.07) is 46.4. The van der Waals surface area contributed by atoms with Crippen molar-refractivity contribution in [3.8, 4) is 56.6 Å². The Morgan fingerprint density at radius 3 is 1.20 bits per heavy atom. The topological polar surface area (TPSA) is 47.6 Å². The summed E-state index contributed by atoms with van der Waals surface area (Å²) in [6.07, 6.45) is 4.24. The molecule has 6 aliphatic rings. The van der Waals surface area contributed by atoms with Gasteiger partial charge in [-0.1, -0.05) is 100 Å². The van der Waals surface area contributed by atoms with Crippen LogP contribution in [0.25, 0.3) is 44.5 Å². The molecular formula is C52H46N2S2. The van der Waals surface area contributed by atoms with Crippen molar-refractivity contribution in [3.63, 3.8) is 0 Å². The lowest BCUT2D eigenvalue weighted by molar-refractivity contribution is 0.490. The Morgan fingerprint density at radius 2 is 0.804 bits per heavy atom. The van der Waals surface area contributed by atoms with Crippen LogP contribution in [0.2, 0.25) is 0 Å². The van der Waals surface area contributed by atoms with E-state index in [4.69, 9.17) is 0 Å². The third-order valence-electron chi connectivity index (χ3n) is 13.5. The molecule has 2 aliphatic carbocycles. The molecule has 4 bridgehead atoms. The normalized spacial score (nSPS) is 15.6. The summed E-state index contributed by atoms with van der Waals surface area (Å²) in [4.78, 5) is 0. The maximum absolute atomic E-state index is 10.1. The Labute approximate surface area is 341 Å². The highest BCUT2D eigenvalue weighted by Crippen LogP contribution is 2.55. The van der Waals surface area contributed by atoms with Crippen LogP contribution in [0.4, 0.5) is 0 Å². The van der Waals surface area contributed by atoms with Crippen LogP contribution in [0.1, 0.15) is 109 Å². The number of nitriles is 2. The first-order valence-electron chi connectivity index (χ1n) is 20.2. The molecule has 0 radical (unpaired) electrons. The standard InChI is InChI=1S/C52H46N2S2/c1-5-51(6-2)47-15-11-9-13-41(47)43-19-17-33(25-49(43)51)45-23-40-32-56-30-38-22-35(27-53)37(21-36(38)28-54)29-55-31-39(45)24-46(40)34-18-20-44-42-14-10-12-16-48(42)52(7-3,8-4)50(44)26-34/h9-26H,5-8,29-32H2,1-4H3. The molecule has 0 unspecified atom stereocenters. The SMILES string of the molecule is CCC1(CC)c2ccccc2-c2ccc(-c3cc4c(-c5ccc6c(c5)C(CC)(CC)c5ccccc5-6)cc3CSCc3cc(C#N)c(cc3C#N)CSC4)cc21. The summed E-state index contributed by atoms with van der Waals surface area (Å²) in [5, 5.41) is 20.3. The van der Waals surface area contributed by atoms with E-state index in [0.29, 0.717) is 22.6 Å². The van der Waals surface area contributed by atoms with E-state index >= 15 is 0 Å². The Kier molecular flexibility index (Phi) is 9.48. The van der Waals surface area contributed by atoms with Crippen LogP contribution in [-0.4, -0.2) is 0 Å². The molecular weight excluding hydrogens is 717 g/mol. The summed E-state index contributed by atoms with van der Waals surface area (Å²) in [6.45, 7) is 9.38. The lowest BCUT2D eigenvalue weighted by atomic mass is 9.73. The van der Waals surface area contributed by atoms with Crippen molar-refractivity contribution in [1.82, 2.24) is 0 Å². The van der Waals surface area contributed by atoms with Gasteiger partial charge in [0, 0.05) is 33.8 Å². The fraction of sp³-hybridized carbons (Fsp3) is 0.269. The van der Waals surface area contributed by atoms with E-state index < -0.39 is 0 Å². The molecule has 0 fully saturated rings. The second-order valence-electron chi connectivity index (χ2n) is 15.7. The number of hydrogen-bond donors (Lipinski definition) is 0. The lowest BCUT2D eigenvalue weighted by Gasteiger charge is -2.30. The van der Waals surface area contributed by atoms with Crippen molar-refractivity contribution in [2.45, 2.75) is 87.2 Å². The number of rotatable bonds is 6. The summed E-state index contributed by atoms with van der Waals surface area (Å²) >= 11 is 3.67. The van der Waals surface area contributed by atoms with E-state index in [1.807, 2.05) is 35.7 Å². The fourth-order valence-corrected chi connectivity index (χ4v) is 12.5. The van der Waals surface area contributed by atoms with Crippen molar-refractivity contribution in [2.24, 2.45) is 0 Å². The van der Waals surface area contributed by atoms with E-state index in [-0.39, 0.29) is 10.8 Å². The minimum absolute atomic E-state index is 0.00254. The van der Waals surface area contributed by atoms with Gasteiger partial charge in [0.05, 0.1) is 23.3 Å². The highest BCUT2D eigenvalue weighted by Gasteiger charge is 2.42. The van der Waals surface area contributed by atoms with Crippen molar-refractivity contribution in [1.29, 1.82) is 10.5 Å². The molecule has 0 aromatic heterocycles. The maximum atomic E-state index is 10.1. The highest BCUT2D eigenvalue weighted by molar-refractivity contribution is 7.98. The minimum Gasteiger partial charge on any atom is -0.192 e. The molecule has 4 aliphatic heterocycles. The number of thioether (sulfide) groups is 2. The van der Waals surface area contributed by atoms with Crippen molar-refractivity contribution in [3.05, 3.63) is 165 Å². The molecule has 4 heteroatoms. The molecule has 2 nitrogen and oxygen atoms in total. The molecule has 0 spiro atoms. The van der Waals surface area contributed by atoms with Crippen LogP contribution in [0.15, 0.2) is 109 Å². The van der Waals surface area contributed by atoms with Gasteiger partial charge in [-0.25, -0.2) is 0 Å². The van der Waals surface area contributed by atoms with Crippen molar-refractivity contribution >= 4 is 23.5 Å². The van der Waals surface area contributed by atoms with Crippen molar-refractivity contribution in [2.75, 3.05) is 0 Å². The summed E-state index contributed by atoms with van der Waals surface area (Å²) in [5.41, 5.74) is 22.3. The fourth-order valence-electron chi connectivity index (χ4n) is 10.4. The second-order valence-corrected chi connectivity index (χ2v) is 17.7. The zero-order chi connectivity index (χ0) is 38.6. The lowest BCUT2D eigenvalue weighted by Crippen LogP contribution is -2.23. The summed E-state index contributed by atoms with van der Waals surface area (Å²) in [5.74, 6) is 2.92. The first-order valence-corrected chi connectivity index (χ1v) is 22.5. The molecule has 56 heavy (non-hydrogen) atoms. The zero-order valence-corrected chi connectivity index (χ0v) is 34.4. The first kappa shape index (κ1) is 36.6. The van der Waals surface area contributed by atoms with Crippen molar-refractivity contribution < 1.29 is 0 Å². The highest BCUT2D eigenvalue weighted by atomic mass is 32.2. The minimum atomic E-state index is -0.00254. The average Bonchev–Trinajstić information content (AvgIpc) is 3.70. The smallest absolute Gasteiger partial charge is 0.0994 e. The van der Waals surface area contributed by atoms with E-state index in [1.54, 1.807) is 0 Å². The molecule has 0 atom stereocenters. The van der Waals surface area contributed by atoms with Gasteiger partial charge in [0.25, 0.3) is 0 Å². The molecule has 0 amide bonds. The number of benzene rings is 6. The largest absolute Gasteiger partial charge is 0.192 e. The van der Waals surface area contributed by atoms with Gasteiger partial charge < -0.3 is 0 Å². The second kappa shape index (κ2) is 14.5. The van der Waals surface area contributed by atoms with Gasteiger partial charge in [-0.3, -0.25) is 0 Å². The Hall–Kier alpha value is -5.00. The van der Waals surface area contributed by atoms with Gasteiger partial charge in [-0.05, 0) is 151 Å². The van der Waals surface area contributed by atoms with Gasteiger partial charge in [-0.15, -0.1) is 0 Å². The van der Waals surface area contributed by atoms with Crippen LogP contribution in [0.5, 0.6) is 0 Å². The third-order valence-corrected chi connectivity index (χ3v) is 15.6. The van der Waals surface area contributed by atoms with Gasteiger partial charge in [0.15, 0.2) is 0 Å². The average molecular weight is 763 g/mol. The molecule has 6 aromatic rings. The number of nitrogens with zero attached hydrogens (tertiary/aromatic N) is 2. The predicted molar refractivity (Wildman–Crippen MR) is 237 cm³/mol. The molecule has 4 heterocycles. The number of hydrogen-bond acceptors (Lipinski definition) is 4. The summed E-state index contributed by atoms with van der Waals surface area (Å²) < 4.78 is 0. The van der Waals surface area contributed by atoms with Crippen LogP contribution in [-0.2, 0) is 33.8 Å². The predicted octanol–water partition coefficient (Wildman–Crippen LogP) is 14.1. The maximum Gasteiger partial charge on any atom is 0.0994 e. The first-order chi connectivity index (χ1) is 27.4.